The molecule has 0 bridgehead atoms. The maximum absolute atomic E-state index is 13.2. The number of fused-ring (bicyclic) bond motifs is 1. The molecule has 0 aliphatic rings. The molecule has 146 valence electrons. The standard InChI is InChI=1S/C21H22N2O5/c1-5-28-20(25)15-12-22(3)17-16(21(26)27-4)13(2)23(18(17)19(15)24)11-14-9-7-6-8-10-14/h6-10,12H,5,11H2,1-4H3. The number of carbonyl (C=O) groups excluding carboxylic acids is 2. The number of methoxy groups -OCH3 is 1. The number of aromatic nitrogens is 2. The van der Waals surface area contributed by atoms with Gasteiger partial charge in [-0.1, -0.05) is 30.3 Å². The van der Waals surface area contributed by atoms with Crippen LogP contribution in [-0.4, -0.2) is 34.8 Å². The van der Waals surface area contributed by atoms with Crippen molar-refractivity contribution < 1.29 is 19.1 Å². The minimum atomic E-state index is -0.685. The van der Waals surface area contributed by atoms with Gasteiger partial charge < -0.3 is 18.6 Å². The Morgan fingerprint density at radius 3 is 2.36 bits per heavy atom. The van der Waals surface area contributed by atoms with Crippen molar-refractivity contribution in [2.24, 2.45) is 7.05 Å². The van der Waals surface area contributed by atoms with Crippen molar-refractivity contribution in [1.29, 1.82) is 0 Å². The predicted octanol–water partition coefficient (Wildman–Crippen LogP) is 2.66. The molecular weight excluding hydrogens is 360 g/mol. The first kappa shape index (κ1) is 19.4. The molecule has 0 unspecified atom stereocenters. The predicted molar refractivity (Wildman–Crippen MR) is 105 cm³/mol. The van der Waals surface area contributed by atoms with Crippen molar-refractivity contribution >= 4 is 23.0 Å². The van der Waals surface area contributed by atoms with Crippen molar-refractivity contribution in [1.82, 2.24) is 9.13 Å². The van der Waals surface area contributed by atoms with E-state index in [-0.39, 0.29) is 17.7 Å². The number of nitrogens with zero attached hydrogens (tertiary/aromatic N) is 2. The number of hydrogen-bond donors (Lipinski definition) is 0. The first-order valence-corrected chi connectivity index (χ1v) is 8.92. The molecule has 3 rings (SSSR count). The quantitative estimate of drug-likeness (QED) is 0.634. The van der Waals surface area contributed by atoms with Gasteiger partial charge in [-0.05, 0) is 19.4 Å². The van der Waals surface area contributed by atoms with Crippen molar-refractivity contribution in [3.63, 3.8) is 0 Å². The van der Waals surface area contributed by atoms with Crippen LogP contribution in [0.1, 0.15) is 38.9 Å². The Balaban J connectivity index is 2.37. The van der Waals surface area contributed by atoms with Gasteiger partial charge in [-0.2, -0.15) is 0 Å². The fourth-order valence-electron chi connectivity index (χ4n) is 3.40. The fraction of sp³-hybridized carbons (Fsp3) is 0.286. The maximum atomic E-state index is 13.2. The van der Waals surface area contributed by atoms with Crippen molar-refractivity contribution in [3.05, 3.63) is 69.1 Å². The maximum Gasteiger partial charge on any atom is 0.343 e. The second-order valence-corrected chi connectivity index (χ2v) is 6.42. The van der Waals surface area contributed by atoms with E-state index in [0.717, 1.165) is 5.56 Å². The number of carbonyl (C=O) groups is 2. The lowest BCUT2D eigenvalue weighted by Gasteiger charge is -2.10. The third-order valence-corrected chi connectivity index (χ3v) is 4.70. The average Bonchev–Trinajstić information content (AvgIpc) is 2.98. The lowest BCUT2D eigenvalue weighted by atomic mass is 10.2. The molecule has 3 aromatic rings. The van der Waals surface area contributed by atoms with E-state index in [1.54, 1.807) is 30.0 Å². The molecular formula is C21H22N2O5. The van der Waals surface area contributed by atoms with Crippen LogP contribution >= 0.6 is 0 Å². The summed E-state index contributed by atoms with van der Waals surface area (Å²) in [6.07, 6.45) is 1.40. The van der Waals surface area contributed by atoms with Crippen LogP contribution in [0.5, 0.6) is 0 Å². The van der Waals surface area contributed by atoms with Crippen LogP contribution < -0.4 is 5.43 Å². The first-order chi connectivity index (χ1) is 13.4. The molecule has 0 fully saturated rings. The summed E-state index contributed by atoms with van der Waals surface area (Å²) in [5.41, 5.74) is 2.03. The van der Waals surface area contributed by atoms with Crippen LogP contribution in [0.25, 0.3) is 11.0 Å². The lowest BCUT2D eigenvalue weighted by molar-refractivity contribution is 0.0523. The molecule has 0 amide bonds. The first-order valence-electron chi connectivity index (χ1n) is 8.92. The molecule has 0 saturated carbocycles. The Labute approximate surface area is 162 Å². The van der Waals surface area contributed by atoms with Crippen LogP contribution in [-0.2, 0) is 23.1 Å². The van der Waals surface area contributed by atoms with E-state index in [4.69, 9.17) is 9.47 Å². The smallest absolute Gasteiger partial charge is 0.343 e. The highest BCUT2D eigenvalue weighted by molar-refractivity contribution is 6.05. The SMILES string of the molecule is CCOC(=O)c1cn(C)c2c(C(=O)OC)c(C)n(Cc3ccccc3)c2c1=O. The molecule has 2 aromatic heterocycles. The normalized spacial score (nSPS) is 10.9. The van der Waals surface area contributed by atoms with Gasteiger partial charge >= 0.3 is 11.9 Å². The highest BCUT2D eigenvalue weighted by Gasteiger charge is 2.27. The lowest BCUT2D eigenvalue weighted by Crippen LogP contribution is -2.22. The summed E-state index contributed by atoms with van der Waals surface area (Å²) in [6.45, 7) is 3.98. The largest absolute Gasteiger partial charge is 0.465 e. The van der Waals surface area contributed by atoms with Crippen molar-refractivity contribution in [3.8, 4) is 0 Å². The molecule has 0 aliphatic carbocycles. The van der Waals surface area contributed by atoms with Gasteiger partial charge in [-0.25, -0.2) is 9.59 Å². The number of benzene rings is 1. The molecule has 0 radical (unpaired) electrons. The van der Waals surface area contributed by atoms with Gasteiger partial charge in [-0.15, -0.1) is 0 Å². The minimum absolute atomic E-state index is 0.0694. The minimum Gasteiger partial charge on any atom is -0.465 e. The van der Waals surface area contributed by atoms with E-state index in [9.17, 15) is 14.4 Å². The Hall–Kier alpha value is -3.35. The topological polar surface area (TPSA) is 79.5 Å². The van der Waals surface area contributed by atoms with Crippen molar-refractivity contribution in [2.45, 2.75) is 20.4 Å². The Kier molecular flexibility index (Phi) is 5.35. The zero-order valence-corrected chi connectivity index (χ0v) is 16.3. The Bertz CT molecular complexity index is 1110. The van der Waals surface area contributed by atoms with Gasteiger partial charge in [0.15, 0.2) is 0 Å². The molecule has 0 saturated heterocycles. The van der Waals surface area contributed by atoms with Gasteiger partial charge in [0.1, 0.15) is 16.6 Å². The molecule has 7 heteroatoms. The summed E-state index contributed by atoms with van der Waals surface area (Å²) >= 11 is 0. The number of rotatable bonds is 5. The average molecular weight is 382 g/mol. The Morgan fingerprint density at radius 1 is 1.07 bits per heavy atom. The number of ether oxygens (including phenoxy) is 2. The molecule has 0 atom stereocenters. The van der Waals surface area contributed by atoms with E-state index in [1.165, 1.54) is 13.3 Å². The van der Waals surface area contributed by atoms with Crippen LogP contribution in [0.15, 0.2) is 41.3 Å². The zero-order valence-electron chi connectivity index (χ0n) is 16.3. The van der Waals surface area contributed by atoms with Crippen LogP contribution in [0.2, 0.25) is 0 Å². The van der Waals surface area contributed by atoms with E-state index in [0.29, 0.717) is 23.3 Å². The summed E-state index contributed by atoms with van der Waals surface area (Å²) in [6, 6.07) is 9.58. The molecule has 0 aliphatic heterocycles. The van der Waals surface area contributed by atoms with Gasteiger partial charge in [0.25, 0.3) is 0 Å². The number of aryl methyl sites for hydroxylation is 1. The number of pyridine rings is 1. The summed E-state index contributed by atoms with van der Waals surface area (Å²) in [5, 5.41) is 0. The van der Waals surface area contributed by atoms with E-state index >= 15 is 0 Å². The van der Waals surface area contributed by atoms with E-state index in [2.05, 4.69) is 0 Å². The van der Waals surface area contributed by atoms with Crippen molar-refractivity contribution in [2.75, 3.05) is 13.7 Å². The molecule has 28 heavy (non-hydrogen) atoms. The molecule has 2 heterocycles. The monoisotopic (exact) mass is 382 g/mol. The van der Waals surface area contributed by atoms with Crippen LogP contribution in [0.4, 0.5) is 0 Å². The van der Waals surface area contributed by atoms with Gasteiger partial charge in [0.2, 0.25) is 5.43 Å². The third-order valence-electron chi connectivity index (χ3n) is 4.70. The van der Waals surface area contributed by atoms with Crippen LogP contribution in [0, 0.1) is 6.92 Å². The fourth-order valence-corrected chi connectivity index (χ4v) is 3.40. The van der Waals surface area contributed by atoms with Gasteiger partial charge in [0.05, 0.1) is 19.2 Å². The molecule has 0 N–H and O–H groups in total. The second kappa shape index (κ2) is 7.72. The Morgan fingerprint density at radius 2 is 1.75 bits per heavy atom. The summed E-state index contributed by atoms with van der Waals surface area (Å²) in [4.78, 5) is 37.9. The van der Waals surface area contributed by atoms with Crippen LogP contribution in [0.3, 0.4) is 0 Å². The number of esters is 2. The zero-order chi connectivity index (χ0) is 20.4. The van der Waals surface area contributed by atoms with Gasteiger partial charge in [-0.3, -0.25) is 4.79 Å². The van der Waals surface area contributed by atoms with E-state index in [1.807, 2.05) is 30.3 Å². The van der Waals surface area contributed by atoms with Gasteiger partial charge in [0, 0.05) is 25.5 Å². The highest BCUT2D eigenvalue weighted by Crippen LogP contribution is 2.26. The van der Waals surface area contributed by atoms with E-state index < -0.39 is 17.4 Å². The molecule has 0 spiro atoms. The summed E-state index contributed by atoms with van der Waals surface area (Å²) in [7, 11) is 2.98. The highest BCUT2D eigenvalue weighted by atomic mass is 16.5. The summed E-state index contributed by atoms with van der Waals surface area (Å²) < 4.78 is 13.3. The third kappa shape index (κ3) is 3.19. The molecule has 1 aromatic carbocycles. The summed E-state index contributed by atoms with van der Waals surface area (Å²) in [5.74, 6) is -1.22. The number of hydrogen-bond acceptors (Lipinski definition) is 5. The molecule has 7 nitrogen and oxygen atoms in total. The second-order valence-electron chi connectivity index (χ2n) is 6.42.